The summed E-state index contributed by atoms with van der Waals surface area (Å²) < 4.78 is 1.38. The summed E-state index contributed by atoms with van der Waals surface area (Å²) in [5.41, 5.74) is 1.38. The van der Waals surface area contributed by atoms with Gasteiger partial charge in [0, 0.05) is 0 Å². The highest BCUT2D eigenvalue weighted by molar-refractivity contribution is 5.69. The summed E-state index contributed by atoms with van der Waals surface area (Å²) in [6.45, 7) is 1.81. The zero-order chi connectivity index (χ0) is 7.84. The number of nitrogens with two attached hydrogens (primary N) is 1. The third-order valence-electron chi connectivity index (χ3n) is 1.44. The molecule has 0 amide bonds. The minimum absolute atomic E-state index is 0.664. The molecule has 2 rings (SSSR count). The monoisotopic (exact) mass is 149 g/mol. The highest BCUT2D eigenvalue weighted by atomic mass is 15.3. The van der Waals surface area contributed by atoms with Crippen molar-refractivity contribution in [2.75, 3.05) is 5.84 Å². The van der Waals surface area contributed by atoms with E-state index in [4.69, 9.17) is 5.84 Å². The lowest BCUT2D eigenvalue weighted by atomic mass is 10.5. The smallest absolute Gasteiger partial charge is 0.181 e. The van der Waals surface area contributed by atoms with Gasteiger partial charge in [0.15, 0.2) is 5.65 Å². The molecule has 0 aliphatic carbocycles. The van der Waals surface area contributed by atoms with E-state index in [1.807, 2.05) is 6.92 Å². The molecule has 0 aliphatic rings. The lowest BCUT2D eigenvalue weighted by molar-refractivity contribution is 0.990. The van der Waals surface area contributed by atoms with Gasteiger partial charge in [-0.15, -0.1) is 0 Å². The summed E-state index contributed by atoms with van der Waals surface area (Å²) in [4.78, 5) is 12.0. The number of fused-ring (bicyclic) bond motifs is 1. The maximum absolute atomic E-state index is 5.51. The zero-order valence-electron chi connectivity index (χ0n) is 6.02. The van der Waals surface area contributed by atoms with Crippen LogP contribution in [0.2, 0.25) is 0 Å². The Labute approximate surface area is 62.9 Å². The topological polar surface area (TPSA) is 69.6 Å². The van der Waals surface area contributed by atoms with E-state index in [-0.39, 0.29) is 0 Å². The van der Waals surface area contributed by atoms with Crippen LogP contribution in [0.1, 0.15) is 5.82 Å². The molecular weight excluding hydrogens is 142 g/mol. The second-order valence-corrected chi connectivity index (χ2v) is 2.28. The van der Waals surface area contributed by atoms with E-state index in [0.29, 0.717) is 11.5 Å². The molecule has 0 bridgehead atoms. The summed E-state index contributed by atoms with van der Waals surface area (Å²) in [7, 11) is 0. The first kappa shape index (κ1) is 6.09. The highest BCUT2D eigenvalue weighted by Gasteiger charge is 2.00. The lowest BCUT2D eigenvalue weighted by Gasteiger charge is -1.92. The minimum Gasteiger partial charge on any atom is -0.336 e. The summed E-state index contributed by atoms with van der Waals surface area (Å²) in [6, 6.07) is 0. The van der Waals surface area contributed by atoms with Crippen molar-refractivity contribution in [3.05, 3.63) is 18.3 Å². The van der Waals surface area contributed by atoms with Crippen molar-refractivity contribution >= 4 is 11.2 Å². The van der Waals surface area contributed by atoms with E-state index >= 15 is 0 Å². The number of hydrogen-bond donors (Lipinski definition) is 1. The first-order valence-corrected chi connectivity index (χ1v) is 3.19. The predicted molar refractivity (Wildman–Crippen MR) is 40.2 cm³/mol. The molecule has 0 radical (unpaired) electrons. The summed E-state index contributed by atoms with van der Waals surface area (Å²) in [5.74, 6) is 6.21. The first-order chi connectivity index (χ1) is 5.27. The molecule has 0 aliphatic heterocycles. The number of nitrogens with zero attached hydrogens (tertiary/aromatic N) is 4. The van der Waals surface area contributed by atoms with Gasteiger partial charge in [0.2, 0.25) is 0 Å². The van der Waals surface area contributed by atoms with Crippen molar-refractivity contribution in [2.45, 2.75) is 6.92 Å². The number of imidazole rings is 1. The van der Waals surface area contributed by atoms with Crippen LogP contribution in [0.3, 0.4) is 0 Å². The number of aromatic nitrogens is 4. The Morgan fingerprint density at radius 3 is 3.09 bits per heavy atom. The number of rotatable bonds is 0. The fraction of sp³-hybridized carbons (Fsp3) is 0.167. The molecule has 0 atom stereocenters. The molecule has 5 heteroatoms. The fourth-order valence-electron chi connectivity index (χ4n) is 0.912. The maximum Gasteiger partial charge on any atom is 0.181 e. The van der Waals surface area contributed by atoms with E-state index < -0.39 is 0 Å². The number of aryl methyl sites for hydroxylation is 1. The summed E-state index contributed by atoms with van der Waals surface area (Å²) in [6.07, 6.45) is 3.17. The average molecular weight is 149 g/mol. The molecule has 0 saturated heterocycles. The number of hydrogen-bond acceptors (Lipinski definition) is 4. The molecular formula is C6H7N5. The standard InChI is InChI=1S/C6H7N5/c1-4-8-2-5-6(10-4)11(7)3-9-5/h2-3H,7H2,1H3. The molecule has 0 saturated carbocycles. The van der Waals surface area contributed by atoms with E-state index in [1.54, 1.807) is 6.20 Å². The fourth-order valence-corrected chi connectivity index (χ4v) is 0.912. The van der Waals surface area contributed by atoms with Crippen LogP contribution in [-0.4, -0.2) is 19.6 Å². The van der Waals surface area contributed by atoms with Crippen molar-refractivity contribution in [1.29, 1.82) is 0 Å². The van der Waals surface area contributed by atoms with Gasteiger partial charge in [0.1, 0.15) is 17.7 Å². The van der Waals surface area contributed by atoms with Crippen LogP contribution in [0.25, 0.3) is 11.2 Å². The Bertz CT molecular complexity index is 391. The normalized spacial score (nSPS) is 10.6. The zero-order valence-corrected chi connectivity index (χ0v) is 6.02. The van der Waals surface area contributed by atoms with Gasteiger partial charge in [-0.3, -0.25) is 0 Å². The molecule has 2 N–H and O–H groups in total. The minimum atomic E-state index is 0.664. The third-order valence-corrected chi connectivity index (χ3v) is 1.44. The van der Waals surface area contributed by atoms with Crippen LogP contribution in [-0.2, 0) is 0 Å². The SMILES string of the molecule is Cc1ncc2ncn(N)c2n1. The molecule has 5 nitrogen and oxygen atoms in total. The van der Waals surface area contributed by atoms with Crippen LogP contribution in [0.15, 0.2) is 12.5 Å². The van der Waals surface area contributed by atoms with E-state index in [2.05, 4.69) is 15.0 Å². The Balaban J connectivity index is 2.87. The first-order valence-electron chi connectivity index (χ1n) is 3.19. The van der Waals surface area contributed by atoms with Crippen molar-refractivity contribution in [2.24, 2.45) is 0 Å². The molecule has 11 heavy (non-hydrogen) atoms. The Morgan fingerprint density at radius 2 is 2.27 bits per heavy atom. The van der Waals surface area contributed by atoms with E-state index in [1.165, 1.54) is 11.0 Å². The van der Waals surface area contributed by atoms with Crippen LogP contribution >= 0.6 is 0 Å². The van der Waals surface area contributed by atoms with Crippen molar-refractivity contribution in [3.63, 3.8) is 0 Å². The van der Waals surface area contributed by atoms with Crippen molar-refractivity contribution in [1.82, 2.24) is 19.6 Å². The third kappa shape index (κ3) is 0.813. The quantitative estimate of drug-likeness (QED) is 0.529. The van der Waals surface area contributed by atoms with Gasteiger partial charge in [-0.05, 0) is 6.92 Å². The second-order valence-electron chi connectivity index (χ2n) is 2.28. The van der Waals surface area contributed by atoms with E-state index in [9.17, 15) is 0 Å². The molecule has 2 aromatic rings. The van der Waals surface area contributed by atoms with Crippen LogP contribution < -0.4 is 5.84 Å². The van der Waals surface area contributed by atoms with Crippen molar-refractivity contribution in [3.8, 4) is 0 Å². The van der Waals surface area contributed by atoms with Gasteiger partial charge < -0.3 is 5.84 Å². The molecule has 2 heterocycles. The molecule has 56 valence electrons. The molecule has 2 aromatic heterocycles. The van der Waals surface area contributed by atoms with Gasteiger partial charge in [0.05, 0.1) is 6.20 Å². The van der Waals surface area contributed by atoms with Crippen LogP contribution in [0, 0.1) is 6.92 Å². The van der Waals surface area contributed by atoms with Gasteiger partial charge in [-0.2, -0.15) is 0 Å². The second kappa shape index (κ2) is 1.91. The maximum atomic E-state index is 5.51. The predicted octanol–water partition coefficient (Wildman–Crippen LogP) is -0.151. The molecule has 0 unspecified atom stereocenters. The Morgan fingerprint density at radius 1 is 1.45 bits per heavy atom. The highest BCUT2D eigenvalue weighted by Crippen LogP contribution is 2.04. The number of nitrogen functional groups attached to an aromatic ring is 1. The summed E-state index contributed by atoms with van der Waals surface area (Å²) in [5, 5.41) is 0. The van der Waals surface area contributed by atoms with Gasteiger partial charge in [-0.25, -0.2) is 19.6 Å². The molecule has 0 fully saturated rings. The summed E-state index contributed by atoms with van der Waals surface area (Å²) >= 11 is 0. The van der Waals surface area contributed by atoms with Gasteiger partial charge in [0.25, 0.3) is 0 Å². The lowest BCUT2D eigenvalue weighted by Crippen LogP contribution is -2.06. The van der Waals surface area contributed by atoms with Crippen LogP contribution in [0.4, 0.5) is 0 Å². The van der Waals surface area contributed by atoms with Crippen molar-refractivity contribution < 1.29 is 0 Å². The Hall–Kier alpha value is -1.65. The van der Waals surface area contributed by atoms with E-state index in [0.717, 1.165) is 5.52 Å². The molecule has 0 aromatic carbocycles. The van der Waals surface area contributed by atoms with Gasteiger partial charge in [-0.1, -0.05) is 0 Å². The molecule has 0 spiro atoms. The Kier molecular flexibility index (Phi) is 1.06. The average Bonchev–Trinajstić information content (AvgIpc) is 2.33. The largest absolute Gasteiger partial charge is 0.336 e. The van der Waals surface area contributed by atoms with Gasteiger partial charge >= 0.3 is 0 Å². The van der Waals surface area contributed by atoms with Crippen LogP contribution in [0.5, 0.6) is 0 Å².